The van der Waals surface area contributed by atoms with E-state index in [4.69, 9.17) is 4.74 Å². The summed E-state index contributed by atoms with van der Waals surface area (Å²) in [6.07, 6.45) is 0.226. The fourth-order valence-corrected chi connectivity index (χ4v) is 1.74. The third kappa shape index (κ3) is 5.75. The molecule has 1 aromatic carbocycles. The molecule has 0 radical (unpaired) electrons. The van der Waals surface area contributed by atoms with Crippen molar-refractivity contribution in [2.75, 3.05) is 19.6 Å². The Hall–Kier alpha value is -1.55. The Balaban J connectivity index is 2.46. The van der Waals surface area contributed by atoms with Crippen LogP contribution in [0.1, 0.15) is 25.8 Å². The molecule has 0 saturated heterocycles. The van der Waals surface area contributed by atoms with Crippen molar-refractivity contribution in [2.24, 2.45) is 0 Å². The highest BCUT2D eigenvalue weighted by Crippen LogP contribution is 2.15. The second-order valence-corrected chi connectivity index (χ2v) is 4.48. The molecule has 0 aromatic heterocycles. The summed E-state index contributed by atoms with van der Waals surface area (Å²) in [5, 5.41) is 6.04. The second kappa shape index (κ2) is 8.53. The highest BCUT2D eigenvalue weighted by molar-refractivity contribution is 5.81. The molecular formula is C15H24N2O2. The quantitative estimate of drug-likeness (QED) is 0.705. The Kier molecular flexibility index (Phi) is 6.97. The van der Waals surface area contributed by atoms with Gasteiger partial charge in [0.25, 0.3) is 5.91 Å². The van der Waals surface area contributed by atoms with Gasteiger partial charge in [-0.1, -0.05) is 26.0 Å². The Morgan fingerprint density at radius 3 is 2.74 bits per heavy atom. The summed E-state index contributed by atoms with van der Waals surface area (Å²) in [6, 6.07) is 7.75. The molecule has 2 N–H and O–H groups in total. The molecule has 0 heterocycles. The van der Waals surface area contributed by atoms with Crippen molar-refractivity contribution < 1.29 is 9.53 Å². The van der Waals surface area contributed by atoms with Crippen LogP contribution >= 0.6 is 0 Å². The van der Waals surface area contributed by atoms with Crippen molar-refractivity contribution >= 4 is 5.91 Å². The number of amides is 1. The van der Waals surface area contributed by atoms with Crippen LogP contribution in [0.2, 0.25) is 0 Å². The minimum absolute atomic E-state index is 0.0538. The van der Waals surface area contributed by atoms with E-state index in [9.17, 15) is 4.79 Å². The van der Waals surface area contributed by atoms with Gasteiger partial charge in [-0.15, -0.1) is 0 Å². The first-order valence-electron chi connectivity index (χ1n) is 6.89. The molecule has 4 heteroatoms. The molecule has 0 saturated carbocycles. The minimum atomic E-state index is -0.427. The maximum Gasteiger partial charge on any atom is 0.261 e. The van der Waals surface area contributed by atoms with Gasteiger partial charge in [-0.2, -0.15) is 0 Å². The fraction of sp³-hybridized carbons (Fsp3) is 0.533. The zero-order valence-electron chi connectivity index (χ0n) is 12.0. The van der Waals surface area contributed by atoms with Crippen molar-refractivity contribution in [3.05, 3.63) is 29.8 Å². The van der Waals surface area contributed by atoms with Crippen LogP contribution < -0.4 is 15.4 Å². The van der Waals surface area contributed by atoms with Crippen molar-refractivity contribution in [1.82, 2.24) is 10.6 Å². The van der Waals surface area contributed by atoms with Gasteiger partial charge < -0.3 is 15.4 Å². The maximum absolute atomic E-state index is 12.0. The van der Waals surface area contributed by atoms with Crippen molar-refractivity contribution in [1.29, 1.82) is 0 Å². The zero-order valence-corrected chi connectivity index (χ0v) is 12.0. The molecule has 1 amide bonds. The maximum atomic E-state index is 12.0. The van der Waals surface area contributed by atoms with E-state index in [-0.39, 0.29) is 5.91 Å². The van der Waals surface area contributed by atoms with Gasteiger partial charge in [0.05, 0.1) is 0 Å². The third-order valence-corrected chi connectivity index (χ3v) is 2.78. The highest BCUT2D eigenvalue weighted by Gasteiger charge is 2.17. The number of carbonyl (C=O) groups excluding carboxylic acids is 1. The largest absolute Gasteiger partial charge is 0.481 e. The van der Waals surface area contributed by atoms with Crippen LogP contribution in [0.25, 0.3) is 0 Å². The summed E-state index contributed by atoms with van der Waals surface area (Å²) in [4.78, 5) is 12.0. The lowest BCUT2D eigenvalue weighted by atomic mass is 10.2. The second-order valence-electron chi connectivity index (χ2n) is 4.48. The van der Waals surface area contributed by atoms with Crippen molar-refractivity contribution in [3.8, 4) is 5.75 Å². The van der Waals surface area contributed by atoms with Gasteiger partial charge in [0.15, 0.2) is 6.10 Å². The first-order chi connectivity index (χ1) is 9.17. The van der Waals surface area contributed by atoms with Crippen LogP contribution in [0.5, 0.6) is 5.75 Å². The lowest BCUT2D eigenvalue weighted by Crippen LogP contribution is -2.40. The van der Waals surface area contributed by atoms with E-state index in [1.807, 2.05) is 45.0 Å². The smallest absolute Gasteiger partial charge is 0.261 e. The first kappa shape index (κ1) is 15.5. The number of hydrogen-bond acceptors (Lipinski definition) is 3. The third-order valence-electron chi connectivity index (χ3n) is 2.78. The predicted molar refractivity (Wildman–Crippen MR) is 77.4 cm³/mol. The lowest BCUT2D eigenvalue weighted by Gasteiger charge is -2.17. The fourth-order valence-electron chi connectivity index (χ4n) is 1.74. The highest BCUT2D eigenvalue weighted by atomic mass is 16.5. The van der Waals surface area contributed by atoms with E-state index in [1.54, 1.807) is 0 Å². The summed E-state index contributed by atoms with van der Waals surface area (Å²) in [5.41, 5.74) is 1.12. The number of benzene rings is 1. The van der Waals surface area contributed by atoms with E-state index in [0.29, 0.717) is 13.0 Å². The van der Waals surface area contributed by atoms with Gasteiger partial charge in [0.2, 0.25) is 0 Å². The number of aryl methyl sites for hydroxylation is 1. The molecule has 0 aliphatic heterocycles. The molecule has 1 atom stereocenters. The van der Waals surface area contributed by atoms with Gasteiger partial charge in [-0.3, -0.25) is 4.79 Å². The topological polar surface area (TPSA) is 50.4 Å². The van der Waals surface area contributed by atoms with Crippen molar-refractivity contribution in [3.63, 3.8) is 0 Å². The summed E-state index contributed by atoms with van der Waals surface area (Å²) >= 11 is 0. The first-order valence-corrected chi connectivity index (χ1v) is 6.89. The SMILES string of the molecule is CCNCCNC(=O)C(CC)Oc1cccc(C)c1. The summed E-state index contributed by atoms with van der Waals surface area (Å²) in [5.74, 6) is 0.690. The van der Waals surface area contributed by atoms with Gasteiger partial charge in [0.1, 0.15) is 5.75 Å². The van der Waals surface area contributed by atoms with Crippen LogP contribution in [0.3, 0.4) is 0 Å². The molecule has 0 aliphatic carbocycles. The number of ether oxygens (including phenoxy) is 1. The van der Waals surface area contributed by atoms with Gasteiger partial charge >= 0.3 is 0 Å². The van der Waals surface area contributed by atoms with E-state index in [2.05, 4.69) is 10.6 Å². The van der Waals surface area contributed by atoms with E-state index < -0.39 is 6.10 Å². The number of hydrogen-bond donors (Lipinski definition) is 2. The number of carbonyl (C=O) groups is 1. The lowest BCUT2D eigenvalue weighted by molar-refractivity contribution is -0.128. The number of likely N-dealkylation sites (N-methyl/N-ethyl adjacent to an activating group) is 1. The van der Waals surface area contributed by atoms with Crippen LogP contribution in [-0.2, 0) is 4.79 Å². The zero-order chi connectivity index (χ0) is 14.1. The molecule has 0 fully saturated rings. The number of rotatable bonds is 8. The molecule has 106 valence electrons. The van der Waals surface area contributed by atoms with E-state index in [1.165, 1.54) is 0 Å². The minimum Gasteiger partial charge on any atom is -0.481 e. The molecular weight excluding hydrogens is 240 g/mol. The van der Waals surface area contributed by atoms with Crippen molar-refractivity contribution in [2.45, 2.75) is 33.3 Å². The van der Waals surface area contributed by atoms with Gasteiger partial charge in [-0.05, 0) is 37.6 Å². The van der Waals surface area contributed by atoms with Gasteiger partial charge in [0, 0.05) is 13.1 Å². The summed E-state index contributed by atoms with van der Waals surface area (Å²) in [6.45, 7) is 8.31. The van der Waals surface area contributed by atoms with Crippen LogP contribution in [-0.4, -0.2) is 31.6 Å². The molecule has 0 bridgehead atoms. The van der Waals surface area contributed by atoms with E-state index in [0.717, 1.165) is 24.4 Å². The Labute approximate surface area is 115 Å². The Bertz CT molecular complexity index is 393. The average molecular weight is 264 g/mol. The molecule has 4 nitrogen and oxygen atoms in total. The van der Waals surface area contributed by atoms with Crippen LogP contribution in [0, 0.1) is 6.92 Å². The van der Waals surface area contributed by atoms with Gasteiger partial charge in [-0.25, -0.2) is 0 Å². The Morgan fingerprint density at radius 2 is 2.11 bits per heavy atom. The number of nitrogens with one attached hydrogen (secondary N) is 2. The normalized spacial score (nSPS) is 11.9. The molecule has 1 unspecified atom stereocenters. The summed E-state index contributed by atoms with van der Waals surface area (Å²) < 4.78 is 5.73. The Morgan fingerprint density at radius 1 is 1.32 bits per heavy atom. The standard InChI is InChI=1S/C15H24N2O2/c1-4-14(15(18)17-10-9-16-5-2)19-13-8-6-7-12(3)11-13/h6-8,11,14,16H,4-5,9-10H2,1-3H3,(H,17,18). The average Bonchev–Trinajstić information content (AvgIpc) is 2.41. The molecule has 0 aliphatic rings. The monoisotopic (exact) mass is 264 g/mol. The summed E-state index contributed by atoms with van der Waals surface area (Å²) in [7, 11) is 0. The van der Waals surface area contributed by atoms with E-state index >= 15 is 0 Å². The molecule has 1 rings (SSSR count). The van der Waals surface area contributed by atoms with Crippen LogP contribution in [0.4, 0.5) is 0 Å². The predicted octanol–water partition coefficient (Wildman–Crippen LogP) is 1.88. The molecule has 1 aromatic rings. The molecule has 0 spiro atoms. The molecule has 19 heavy (non-hydrogen) atoms. The van der Waals surface area contributed by atoms with Crippen LogP contribution in [0.15, 0.2) is 24.3 Å².